The minimum absolute atomic E-state index is 0.0833. The zero-order chi connectivity index (χ0) is 24.5. The third-order valence-corrected chi connectivity index (χ3v) is 8.31. The molecule has 1 aromatic rings. The molecule has 2 heterocycles. The fraction of sp³-hybridized carbons (Fsp3) is 0.643. The molecule has 0 radical (unpaired) electrons. The van der Waals surface area contributed by atoms with E-state index in [-0.39, 0.29) is 12.0 Å². The zero-order valence-corrected chi connectivity index (χ0v) is 21.0. The number of nitrogens with zero attached hydrogens (tertiary/aromatic N) is 2. The smallest absolute Gasteiger partial charge is 0.381 e. The summed E-state index contributed by atoms with van der Waals surface area (Å²) in [5, 5.41) is 3.67. The van der Waals surface area contributed by atoms with E-state index in [0.717, 1.165) is 50.1 Å². The number of hydrogen-bond acceptors (Lipinski definition) is 3. The Bertz CT molecular complexity index is 891. The minimum Gasteiger partial charge on any atom is -0.381 e. The molecule has 188 valence electrons. The SMILES string of the molecule is C[C@H](CC[C@@H]1[C@H](C)c2cc(C(F)(F)F)ccc2N[C@H]1C1C=CC=CC1)CN1CCC(N(C)C)C1. The maximum atomic E-state index is 13.4. The molecule has 0 aromatic heterocycles. The van der Waals surface area contributed by atoms with Crippen LogP contribution in [0.2, 0.25) is 0 Å². The standard InChI is InChI=1S/C28H40F3N3/c1-19(17-34-15-14-23(18-34)33(3)4)10-12-24-20(2)25-16-22(28(29,30)31)11-13-26(25)32-27(24)21-8-6-5-7-9-21/h5-8,11,13,16,19-21,23-24,27,32H,9-10,12,14-15,17-18H2,1-4H3/t19-,20+,21?,23?,24-,27+/m1/s1. The van der Waals surface area contributed by atoms with E-state index in [1.807, 2.05) is 0 Å². The van der Waals surface area contributed by atoms with Crippen molar-refractivity contribution in [1.82, 2.24) is 9.80 Å². The van der Waals surface area contributed by atoms with Gasteiger partial charge in [0.05, 0.1) is 5.56 Å². The molecule has 1 aromatic carbocycles. The predicted octanol–water partition coefficient (Wildman–Crippen LogP) is 6.40. The second kappa shape index (κ2) is 10.4. The van der Waals surface area contributed by atoms with E-state index in [4.69, 9.17) is 0 Å². The van der Waals surface area contributed by atoms with Crippen molar-refractivity contribution in [2.75, 3.05) is 39.0 Å². The van der Waals surface area contributed by atoms with Crippen LogP contribution in [0, 0.1) is 17.8 Å². The van der Waals surface area contributed by atoms with Gasteiger partial charge in [0.15, 0.2) is 0 Å². The highest BCUT2D eigenvalue weighted by atomic mass is 19.4. The molecule has 6 heteroatoms. The lowest BCUT2D eigenvalue weighted by molar-refractivity contribution is -0.137. The molecule has 1 saturated heterocycles. The third kappa shape index (κ3) is 5.71. The lowest BCUT2D eigenvalue weighted by atomic mass is 9.70. The molecule has 3 aliphatic rings. The molecule has 0 saturated carbocycles. The van der Waals surface area contributed by atoms with Crippen molar-refractivity contribution in [2.45, 2.75) is 63.7 Å². The molecule has 0 spiro atoms. The number of alkyl halides is 3. The van der Waals surface area contributed by atoms with Crippen LogP contribution in [0.5, 0.6) is 0 Å². The number of fused-ring (bicyclic) bond motifs is 1. The number of rotatable bonds is 7. The topological polar surface area (TPSA) is 18.5 Å². The van der Waals surface area contributed by atoms with Gasteiger partial charge in [-0.1, -0.05) is 38.2 Å². The van der Waals surface area contributed by atoms with Crippen molar-refractivity contribution in [3.8, 4) is 0 Å². The summed E-state index contributed by atoms with van der Waals surface area (Å²) in [6.45, 7) is 7.85. The average molecular weight is 476 g/mol. The van der Waals surface area contributed by atoms with Crippen LogP contribution in [0.4, 0.5) is 18.9 Å². The van der Waals surface area contributed by atoms with E-state index in [0.29, 0.717) is 23.8 Å². The molecule has 6 atom stereocenters. The van der Waals surface area contributed by atoms with Gasteiger partial charge in [-0.25, -0.2) is 0 Å². The molecule has 0 bridgehead atoms. The molecule has 4 rings (SSSR count). The van der Waals surface area contributed by atoms with Crippen LogP contribution in [0.25, 0.3) is 0 Å². The summed E-state index contributed by atoms with van der Waals surface area (Å²) in [5.41, 5.74) is 1.13. The number of likely N-dealkylation sites (N-methyl/N-ethyl adjacent to an activating group) is 1. The zero-order valence-electron chi connectivity index (χ0n) is 21.0. The maximum absolute atomic E-state index is 13.4. The Kier molecular flexibility index (Phi) is 7.78. The molecule has 2 unspecified atom stereocenters. The van der Waals surface area contributed by atoms with Crippen LogP contribution >= 0.6 is 0 Å². The van der Waals surface area contributed by atoms with Crippen molar-refractivity contribution in [2.24, 2.45) is 17.8 Å². The van der Waals surface area contributed by atoms with Gasteiger partial charge in [-0.3, -0.25) is 0 Å². The van der Waals surface area contributed by atoms with E-state index in [1.54, 1.807) is 6.07 Å². The molecular weight excluding hydrogens is 435 g/mol. The number of benzene rings is 1. The largest absolute Gasteiger partial charge is 0.416 e. The first-order valence-electron chi connectivity index (χ1n) is 12.8. The number of likely N-dealkylation sites (tertiary alicyclic amines) is 1. The van der Waals surface area contributed by atoms with E-state index in [9.17, 15) is 13.2 Å². The van der Waals surface area contributed by atoms with Gasteiger partial charge in [0.1, 0.15) is 0 Å². The fourth-order valence-corrected chi connectivity index (χ4v) is 6.20. The molecule has 1 fully saturated rings. The van der Waals surface area contributed by atoms with Crippen molar-refractivity contribution in [1.29, 1.82) is 0 Å². The maximum Gasteiger partial charge on any atom is 0.416 e. The number of hydrogen-bond donors (Lipinski definition) is 1. The van der Waals surface area contributed by atoms with Gasteiger partial charge in [-0.2, -0.15) is 13.2 Å². The molecule has 2 aliphatic heterocycles. The number of nitrogens with one attached hydrogen (secondary N) is 1. The molecule has 0 amide bonds. The van der Waals surface area contributed by atoms with Gasteiger partial charge in [-0.15, -0.1) is 0 Å². The summed E-state index contributed by atoms with van der Waals surface area (Å²) in [5.74, 6) is 1.31. The Morgan fingerprint density at radius 3 is 2.65 bits per heavy atom. The van der Waals surface area contributed by atoms with E-state index in [1.165, 1.54) is 18.6 Å². The Morgan fingerprint density at radius 1 is 1.21 bits per heavy atom. The molecule has 3 nitrogen and oxygen atoms in total. The first-order valence-corrected chi connectivity index (χ1v) is 12.8. The monoisotopic (exact) mass is 475 g/mol. The van der Waals surface area contributed by atoms with Gasteiger partial charge in [0.25, 0.3) is 0 Å². The summed E-state index contributed by atoms with van der Waals surface area (Å²) in [4.78, 5) is 4.90. The first-order chi connectivity index (χ1) is 16.1. The lowest BCUT2D eigenvalue weighted by Crippen LogP contribution is -2.42. The quantitative estimate of drug-likeness (QED) is 0.492. The van der Waals surface area contributed by atoms with Gasteiger partial charge >= 0.3 is 6.18 Å². The first kappa shape index (κ1) is 25.3. The highest BCUT2D eigenvalue weighted by Crippen LogP contribution is 2.46. The van der Waals surface area contributed by atoms with E-state index < -0.39 is 11.7 Å². The second-order valence-corrected chi connectivity index (χ2v) is 11.0. The van der Waals surface area contributed by atoms with Crippen LogP contribution in [-0.2, 0) is 6.18 Å². The number of allylic oxidation sites excluding steroid dienone is 3. The van der Waals surface area contributed by atoms with Crippen molar-refractivity contribution < 1.29 is 13.2 Å². The molecule has 34 heavy (non-hydrogen) atoms. The van der Waals surface area contributed by atoms with Gasteiger partial charge in [0.2, 0.25) is 0 Å². The average Bonchev–Trinajstić information content (AvgIpc) is 3.27. The van der Waals surface area contributed by atoms with Crippen LogP contribution in [0.15, 0.2) is 42.5 Å². The number of halogens is 3. The van der Waals surface area contributed by atoms with E-state index in [2.05, 4.69) is 67.4 Å². The predicted molar refractivity (Wildman–Crippen MR) is 134 cm³/mol. The van der Waals surface area contributed by atoms with Crippen LogP contribution < -0.4 is 5.32 Å². The van der Waals surface area contributed by atoms with Gasteiger partial charge in [-0.05, 0) is 87.8 Å². The number of anilines is 1. The second-order valence-electron chi connectivity index (χ2n) is 11.0. The third-order valence-electron chi connectivity index (χ3n) is 8.31. The summed E-state index contributed by atoms with van der Waals surface area (Å²) in [7, 11) is 4.32. The summed E-state index contributed by atoms with van der Waals surface area (Å²) in [6, 6.07) is 5.10. The highest BCUT2D eigenvalue weighted by molar-refractivity contribution is 5.58. The van der Waals surface area contributed by atoms with E-state index >= 15 is 0 Å². The lowest BCUT2D eigenvalue weighted by Gasteiger charge is -2.43. The van der Waals surface area contributed by atoms with Gasteiger partial charge in [0, 0.05) is 36.8 Å². The molecule has 1 aliphatic carbocycles. The summed E-state index contributed by atoms with van der Waals surface area (Å²) in [6.07, 6.45) is 8.67. The van der Waals surface area contributed by atoms with Crippen LogP contribution in [-0.4, -0.2) is 55.6 Å². The minimum atomic E-state index is -4.31. The Labute approximate surface area is 203 Å². The van der Waals surface area contributed by atoms with Crippen LogP contribution in [0.3, 0.4) is 0 Å². The van der Waals surface area contributed by atoms with Crippen molar-refractivity contribution in [3.05, 3.63) is 53.6 Å². The van der Waals surface area contributed by atoms with Crippen molar-refractivity contribution in [3.63, 3.8) is 0 Å². The Morgan fingerprint density at radius 2 is 2.00 bits per heavy atom. The fourth-order valence-electron chi connectivity index (χ4n) is 6.20. The summed E-state index contributed by atoms with van der Waals surface area (Å²) >= 11 is 0. The normalized spacial score (nSPS) is 30.4. The highest BCUT2D eigenvalue weighted by Gasteiger charge is 2.39. The molecular formula is C28H40F3N3. The van der Waals surface area contributed by atoms with Gasteiger partial charge < -0.3 is 15.1 Å². The Balaban J connectivity index is 1.47. The molecule has 1 N–H and O–H groups in total. The van der Waals surface area contributed by atoms with Crippen molar-refractivity contribution >= 4 is 5.69 Å². The van der Waals surface area contributed by atoms with Crippen LogP contribution in [0.1, 0.15) is 56.6 Å². The Hall–Kier alpha value is -1.79. The summed E-state index contributed by atoms with van der Waals surface area (Å²) < 4.78 is 40.3.